The Balaban J connectivity index is 0.000001000. The second-order valence-corrected chi connectivity index (χ2v) is 2.48. The first-order valence-electron chi connectivity index (χ1n) is 2.94. The summed E-state index contributed by atoms with van der Waals surface area (Å²) >= 11 is 0. The Morgan fingerprint density at radius 3 is 2.18 bits per heavy atom. The first-order valence-corrected chi connectivity index (χ1v) is 2.94. The van der Waals surface area contributed by atoms with Crippen molar-refractivity contribution in [2.75, 3.05) is 0 Å². The molecule has 0 aliphatic carbocycles. The summed E-state index contributed by atoms with van der Waals surface area (Å²) in [5, 5.41) is 9.24. The third kappa shape index (κ3) is 1.84. The maximum atomic E-state index is 10.7. The molecule has 0 spiro atoms. The molecule has 1 radical (unpaired) electrons. The number of rotatable bonds is 0. The van der Waals surface area contributed by atoms with Crippen LogP contribution in [0.25, 0.3) is 0 Å². The van der Waals surface area contributed by atoms with Crippen molar-refractivity contribution in [3.63, 3.8) is 0 Å². The predicted molar refractivity (Wildman–Crippen MR) is 34.8 cm³/mol. The van der Waals surface area contributed by atoms with Crippen molar-refractivity contribution in [2.45, 2.75) is 19.6 Å². The van der Waals surface area contributed by atoms with Crippen LogP contribution in [0, 0.1) is 6.92 Å². The van der Waals surface area contributed by atoms with Crippen LogP contribution in [0.4, 0.5) is 0 Å². The van der Waals surface area contributed by atoms with Crippen LogP contribution in [0.1, 0.15) is 13.8 Å². The molecule has 1 N–H and O–H groups in total. The maximum absolute atomic E-state index is 10.7. The van der Waals surface area contributed by atoms with Gasteiger partial charge in [0, 0.05) is 39.6 Å². The van der Waals surface area contributed by atoms with Gasteiger partial charge < -0.3 is 9.84 Å². The third-order valence-corrected chi connectivity index (χ3v) is 1.61. The number of carbonyl (C=O) groups excluding carboxylic acids is 1. The molecule has 0 aromatic rings. The van der Waals surface area contributed by atoms with E-state index in [0.717, 1.165) is 0 Å². The van der Waals surface area contributed by atoms with E-state index in [4.69, 9.17) is 0 Å². The normalized spacial score (nSPS) is 29.9. The van der Waals surface area contributed by atoms with Crippen LogP contribution in [0.5, 0.6) is 0 Å². The second-order valence-electron chi connectivity index (χ2n) is 2.48. The van der Waals surface area contributed by atoms with Crippen molar-refractivity contribution < 1.29 is 47.3 Å². The van der Waals surface area contributed by atoms with E-state index in [1.807, 2.05) is 0 Å². The Kier molecular flexibility index (Phi) is 3.30. The van der Waals surface area contributed by atoms with Crippen LogP contribution in [0.3, 0.4) is 0 Å². The van der Waals surface area contributed by atoms with Gasteiger partial charge in [-0.25, -0.2) is 6.92 Å². The molecule has 1 heterocycles. The summed E-state index contributed by atoms with van der Waals surface area (Å²) in [5.41, 5.74) is 0.738. The van der Waals surface area contributed by atoms with E-state index in [1.54, 1.807) is 6.92 Å². The number of aliphatic hydroxyl groups is 1. The second kappa shape index (κ2) is 3.25. The van der Waals surface area contributed by atoms with Gasteiger partial charge in [0.2, 0.25) is 5.79 Å². The number of hydrogen-bond donors (Lipinski definition) is 1. The molecule has 0 bridgehead atoms. The Bertz CT molecular complexity index is 218. The SMILES string of the molecule is [CH2-]C1=C(C)C(=O)OC1(C)O.[Y]. The van der Waals surface area contributed by atoms with Gasteiger partial charge >= 0.3 is 0 Å². The van der Waals surface area contributed by atoms with E-state index in [1.165, 1.54) is 6.92 Å². The quantitative estimate of drug-likeness (QED) is 0.484. The largest absolute Gasteiger partial charge is 0.442 e. The molecule has 1 aliphatic heterocycles. The molecule has 1 rings (SSSR count). The molecule has 1 aliphatic rings. The summed E-state index contributed by atoms with van der Waals surface area (Å²) in [6.45, 7) is 6.47. The number of carbonyl (C=O) groups is 1. The fraction of sp³-hybridized carbons (Fsp3) is 0.429. The van der Waals surface area contributed by atoms with Gasteiger partial charge in [0.25, 0.3) is 5.97 Å². The van der Waals surface area contributed by atoms with E-state index in [0.29, 0.717) is 11.1 Å². The Labute approximate surface area is 90.7 Å². The van der Waals surface area contributed by atoms with Crippen molar-refractivity contribution >= 4 is 5.97 Å². The van der Waals surface area contributed by atoms with Gasteiger partial charge in [-0.3, -0.25) is 4.79 Å². The van der Waals surface area contributed by atoms with E-state index >= 15 is 0 Å². The minimum absolute atomic E-state index is 0. The molecule has 0 saturated heterocycles. The third-order valence-electron chi connectivity index (χ3n) is 1.61. The van der Waals surface area contributed by atoms with Crippen LogP contribution in [0.15, 0.2) is 11.1 Å². The van der Waals surface area contributed by atoms with Crippen LogP contribution in [-0.4, -0.2) is 16.9 Å². The molecule has 11 heavy (non-hydrogen) atoms. The van der Waals surface area contributed by atoms with Crippen molar-refractivity contribution in [1.29, 1.82) is 0 Å². The van der Waals surface area contributed by atoms with Gasteiger partial charge in [-0.1, -0.05) is 0 Å². The zero-order chi connectivity index (χ0) is 7.94. The van der Waals surface area contributed by atoms with Gasteiger partial charge in [0.1, 0.15) is 0 Å². The molecule has 0 aromatic heterocycles. The topological polar surface area (TPSA) is 46.5 Å². The fourth-order valence-electron chi connectivity index (χ4n) is 0.790. The summed E-state index contributed by atoms with van der Waals surface area (Å²) in [7, 11) is 0. The van der Waals surface area contributed by atoms with Gasteiger partial charge in [0.05, 0.1) is 0 Å². The van der Waals surface area contributed by atoms with Gasteiger partial charge in [-0.2, -0.15) is 0 Å². The molecule has 0 fully saturated rings. The molecule has 3 nitrogen and oxygen atoms in total. The minimum atomic E-state index is -1.48. The summed E-state index contributed by atoms with van der Waals surface area (Å²) in [6.07, 6.45) is 0. The predicted octanol–water partition coefficient (Wildman–Crippen LogP) is 0.400. The van der Waals surface area contributed by atoms with Crippen molar-refractivity contribution in [3.8, 4) is 0 Å². The monoisotopic (exact) mass is 230 g/mol. The van der Waals surface area contributed by atoms with E-state index < -0.39 is 11.8 Å². The average molecular weight is 230 g/mol. The first kappa shape index (κ1) is 11.1. The number of esters is 1. The van der Waals surface area contributed by atoms with Crippen LogP contribution in [0.2, 0.25) is 0 Å². The van der Waals surface area contributed by atoms with Crippen molar-refractivity contribution in [3.05, 3.63) is 18.1 Å². The summed E-state index contributed by atoms with van der Waals surface area (Å²) in [5.74, 6) is -1.98. The molecule has 0 amide bonds. The number of cyclic esters (lactones) is 1. The van der Waals surface area contributed by atoms with E-state index in [9.17, 15) is 9.90 Å². The molecule has 4 heteroatoms. The Morgan fingerprint density at radius 1 is 1.64 bits per heavy atom. The zero-order valence-electron chi connectivity index (χ0n) is 6.55. The van der Waals surface area contributed by atoms with Crippen molar-refractivity contribution in [2.24, 2.45) is 0 Å². The zero-order valence-corrected chi connectivity index (χ0v) is 9.39. The van der Waals surface area contributed by atoms with Crippen LogP contribution >= 0.6 is 0 Å². The van der Waals surface area contributed by atoms with Gasteiger partial charge in [-0.05, 0) is 0 Å². The number of ether oxygens (including phenoxy) is 1. The Morgan fingerprint density at radius 2 is 2.09 bits per heavy atom. The molecule has 0 saturated carbocycles. The summed E-state index contributed by atoms with van der Waals surface area (Å²) in [4.78, 5) is 10.7. The van der Waals surface area contributed by atoms with E-state index in [2.05, 4.69) is 11.7 Å². The van der Waals surface area contributed by atoms with E-state index in [-0.39, 0.29) is 32.7 Å². The molecular formula is C7H9O3Y-. The molecule has 59 valence electrons. The fourth-order valence-corrected chi connectivity index (χ4v) is 0.790. The molecule has 1 unspecified atom stereocenters. The molecule has 1 atom stereocenters. The van der Waals surface area contributed by atoms with Gasteiger partial charge in [-0.15, -0.1) is 18.1 Å². The van der Waals surface area contributed by atoms with Crippen LogP contribution in [-0.2, 0) is 42.2 Å². The number of hydrogen-bond acceptors (Lipinski definition) is 3. The average Bonchev–Trinajstić information content (AvgIpc) is 1.95. The smallest absolute Gasteiger partial charge is 0.253 e. The first-order chi connectivity index (χ1) is 4.45. The van der Waals surface area contributed by atoms with Crippen LogP contribution < -0.4 is 0 Å². The molecule has 0 aromatic carbocycles. The molecular weight excluding hydrogens is 221 g/mol. The summed E-state index contributed by atoms with van der Waals surface area (Å²) < 4.78 is 4.55. The van der Waals surface area contributed by atoms with Gasteiger partial charge in [0.15, 0.2) is 0 Å². The Hall–Kier alpha value is 0.144. The van der Waals surface area contributed by atoms with Crippen molar-refractivity contribution in [1.82, 2.24) is 0 Å². The standard InChI is InChI=1S/C7H9O3.Y/c1-4-5(2)7(3,9)10-6(4)8;/h9H,2H2,1,3H3;/q-1;. The summed E-state index contributed by atoms with van der Waals surface area (Å²) in [6, 6.07) is 0. The maximum Gasteiger partial charge on any atom is 0.253 e. The minimum Gasteiger partial charge on any atom is -0.442 e.